The van der Waals surface area contributed by atoms with E-state index in [2.05, 4.69) is 9.97 Å². The average Bonchev–Trinajstić information content (AvgIpc) is 2.50. The molecule has 0 aromatic carbocycles. The molecule has 0 bridgehead atoms. The number of aryl methyl sites for hydroxylation is 1. The van der Waals surface area contributed by atoms with Crippen LogP contribution in [-0.4, -0.2) is 60.8 Å². The Labute approximate surface area is 129 Å². The van der Waals surface area contributed by atoms with Crippen molar-refractivity contribution in [3.63, 3.8) is 0 Å². The van der Waals surface area contributed by atoms with E-state index in [0.29, 0.717) is 32.1 Å². The summed E-state index contributed by atoms with van der Waals surface area (Å²) in [7, 11) is 1.60. The first-order valence-corrected chi connectivity index (χ1v) is 7.52. The monoisotopic (exact) mass is 309 g/mol. The highest BCUT2D eigenvalue weighted by atomic mass is 16.5. The van der Waals surface area contributed by atoms with E-state index >= 15 is 0 Å². The summed E-state index contributed by atoms with van der Waals surface area (Å²) in [4.78, 5) is 32.4. The van der Waals surface area contributed by atoms with Crippen LogP contribution in [0.3, 0.4) is 0 Å². The second-order valence-corrected chi connectivity index (χ2v) is 5.46. The fourth-order valence-electron chi connectivity index (χ4n) is 2.63. The summed E-state index contributed by atoms with van der Waals surface area (Å²) in [6.07, 6.45) is 1.64. The van der Waals surface area contributed by atoms with Crippen molar-refractivity contribution in [3.8, 4) is 0 Å². The molecule has 1 amide bonds. The molecule has 2 rings (SSSR count). The van der Waals surface area contributed by atoms with Gasteiger partial charge in [0, 0.05) is 32.2 Å². The number of carbonyl (C=O) groups is 1. The third-order valence-corrected chi connectivity index (χ3v) is 3.80. The van der Waals surface area contributed by atoms with E-state index in [9.17, 15) is 9.59 Å². The molecular formula is C15H23N3O4. The molecule has 22 heavy (non-hydrogen) atoms. The zero-order valence-electron chi connectivity index (χ0n) is 13.1. The summed E-state index contributed by atoms with van der Waals surface area (Å²) < 4.78 is 10.1. The van der Waals surface area contributed by atoms with Crippen LogP contribution in [0.5, 0.6) is 0 Å². The van der Waals surface area contributed by atoms with Gasteiger partial charge in [-0.1, -0.05) is 0 Å². The molecule has 0 aliphatic carbocycles. The van der Waals surface area contributed by atoms with Crippen LogP contribution in [0.15, 0.2) is 10.9 Å². The van der Waals surface area contributed by atoms with Crippen LogP contribution in [0.25, 0.3) is 0 Å². The number of nitrogens with one attached hydrogen (secondary N) is 1. The highest BCUT2D eigenvalue weighted by Gasteiger charge is 2.24. The minimum Gasteiger partial charge on any atom is -0.382 e. The van der Waals surface area contributed by atoms with Crippen molar-refractivity contribution in [2.24, 2.45) is 0 Å². The number of hydrogen-bond acceptors (Lipinski definition) is 5. The van der Waals surface area contributed by atoms with Gasteiger partial charge in [0.2, 0.25) is 5.91 Å². The first-order valence-electron chi connectivity index (χ1n) is 7.52. The van der Waals surface area contributed by atoms with E-state index < -0.39 is 0 Å². The Kier molecular flexibility index (Phi) is 6.09. The number of ether oxygens (including phenoxy) is 2. The molecule has 1 aromatic rings. The number of rotatable bonds is 6. The molecule has 1 aliphatic heterocycles. The Morgan fingerprint density at radius 1 is 1.41 bits per heavy atom. The van der Waals surface area contributed by atoms with Crippen LogP contribution in [-0.2, 0) is 14.3 Å². The van der Waals surface area contributed by atoms with Crippen LogP contribution in [0.4, 0.5) is 0 Å². The van der Waals surface area contributed by atoms with E-state index in [1.165, 1.54) is 0 Å². The van der Waals surface area contributed by atoms with Crippen LogP contribution >= 0.6 is 0 Å². The number of hydrogen-bond donors (Lipinski definition) is 1. The maximum Gasteiger partial charge on any atom is 0.251 e. The van der Waals surface area contributed by atoms with E-state index in [1.54, 1.807) is 20.1 Å². The van der Waals surface area contributed by atoms with Gasteiger partial charge in [-0.3, -0.25) is 9.59 Å². The molecule has 0 atom stereocenters. The van der Waals surface area contributed by atoms with Crippen molar-refractivity contribution >= 4 is 5.91 Å². The number of methoxy groups -OCH3 is 1. The molecule has 1 saturated heterocycles. The van der Waals surface area contributed by atoms with Gasteiger partial charge in [-0.15, -0.1) is 0 Å². The van der Waals surface area contributed by atoms with Gasteiger partial charge in [-0.25, -0.2) is 4.98 Å². The zero-order valence-corrected chi connectivity index (χ0v) is 13.1. The van der Waals surface area contributed by atoms with Gasteiger partial charge in [0.05, 0.1) is 18.9 Å². The zero-order chi connectivity index (χ0) is 15.9. The number of aromatic amines is 1. The first-order chi connectivity index (χ1) is 10.6. The Morgan fingerprint density at radius 3 is 2.77 bits per heavy atom. The van der Waals surface area contributed by atoms with E-state index in [4.69, 9.17) is 9.47 Å². The van der Waals surface area contributed by atoms with Crippen molar-refractivity contribution in [1.82, 2.24) is 14.9 Å². The lowest BCUT2D eigenvalue weighted by Gasteiger charge is -2.31. The molecule has 0 spiro atoms. The third-order valence-electron chi connectivity index (χ3n) is 3.80. The molecule has 7 heteroatoms. The number of H-pyrrole nitrogens is 1. The Balaban J connectivity index is 1.82. The fraction of sp³-hybridized carbons (Fsp3) is 0.667. The lowest BCUT2D eigenvalue weighted by molar-refractivity contribution is -0.137. The molecule has 1 N–H and O–H groups in total. The molecular weight excluding hydrogens is 286 g/mol. The standard InChI is InChI=1S/C15H23N3O4/c1-11-16-13(9-14(19)17-11)12-3-5-18(6-4-12)15(20)10-22-8-7-21-2/h9,12H,3-8,10H2,1-2H3,(H,16,17,19). The third kappa shape index (κ3) is 4.64. The lowest BCUT2D eigenvalue weighted by Crippen LogP contribution is -2.40. The summed E-state index contributed by atoms with van der Waals surface area (Å²) in [6, 6.07) is 1.56. The number of nitrogens with zero attached hydrogens (tertiary/aromatic N) is 2. The summed E-state index contributed by atoms with van der Waals surface area (Å²) in [5.74, 6) is 0.872. The Bertz CT molecular complexity index is 550. The van der Waals surface area contributed by atoms with Gasteiger partial charge in [-0.05, 0) is 19.8 Å². The van der Waals surface area contributed by atoms with Gasteiger partial charge >= 0.3 is 0 Å². The highest BCUT2D eigenvalue weighted by Crippen LogP contribution is 2.25. The van der Waals surface area contributed by atoms with Crippen LogP contribution in [0.1, 0.15) is 30.3 Å². The smallest absolute Gasteiger partial charge is 0.251 e. The van der Waals surface area contributed by atoms with E-state index in [1.807, 2.05) is 4.90 Å². The van der Waals surface area contributed by atoms with Crippen LogP contribution in [0.2, 0.25) is 0 Å². The summed E-state index contributed by atoms with van der Waals surface area (Å²) in [5.41, 5.74) is 0.706. The number of aromatic nitrogens is 2. The molecule has 1 aliphatic rings. The lowest BCUT2D eigenvalue weighted by atomic mass is 9.93. The quantitative estimate of drug-likeness (QED) is 0.771. The van der Waals surface area contributed by atoms with Gasteiger partial charge in [0.1, 0.15) is 12.4 Å². The van der Waals surface area contributed by atoms with Gasteiger partial charge < -0.3 is 19.4 Å². The molecule has 1 fully saturated rings. The molecule has 122 valence electrons. The van der Waals surface area contributed by atoms with Gasteiger partial charge in [0.25, 0.3) is 5.56 Å². The maximum atomic E-state index is 12.0. The van der Waals surface area contributed by atoms with Crippen molar-refractivity contribution in [2.45, 2.75) is 25.7 Å². The molecule has 0 saturated carbocycles. The summed E-state index contributed by atoms with van der Waals surface area (Å²) in [5, 5.41) is 0. The van der Waals surface area contributed by atoms with E-state index in [-0.39, 0.29) is 24.0 Å². The molecule has 1 aromatic heterocycles. The number of carbonyl (C=O) groups excluding carboxylic acids is 1. The van der Waals surface area contributed by atoms with E-state index in [0.717, 1.165) is 18.5 Å². The minimum absolute atomic E-state index is 0.00426. The number of amides is 1. The molecule has 7 nitrogen and oxygen atoms in total. The summed E-state index contributed by atoms with van der Waals surface area (Å²) in [6.45, 7) is 4.13. The fourth-order valence-corrected chi connectivity index (χ4v) is 2.63. The van der Waals surface area contributed by atoms with Crippen molar-refractivity contribution in [2.75, 3.05) is 40.0 Å². The van der Waals surface area contributed by atoms with Crippen molar-refractivity contribution in [3.05, 3.63) is 27.9 Å². The predicted octanol–water partition coefficient (Wildman–Crippen LogP) is 0.447. The van der Waals surface area contributed by atoms with Crippen molar-refractivity contribution < 1.29 is 14.3 Å². The highest BCUT2D eigenvalue weighted by molar-refractivity contribution is 5.77. The molecule has 2 heterocycles. The average molecular weight is 309 g/mol. The van der Waals surface area contributed by atoms with Crippen LogP contribution in [0, 0.1) is 6.92 Å². The minimum atomic E-state index is -0.118. The number of likely N-dealkylation sites (tertiary alicyclic amines) is 1. The first kappa shape index (κ1) is 16.6. The second kappa shape index (κ2) is 8.05. The van der Waals surface area contributed by atoms with Crippen molar-refractivity contribution in [1.29, 1.82) is 0 Å². The topological polar surface area (TPSA) is 84.5 Å². The molecule has 0 unspecified atom stereocenters. The normalized spacial score (nSPS) is 16.0. The summed E-state index contributed by atoms with van der Waals surface area (Å²) >= 11 is 0. The maximum absolute atomic E-state index is 12.0. The molecule has 0 radical (unpaired) electrons. The van der Waals surface area contributed by atoms with Gasteiger partial charge in [0.15, 0.2) is 0 Å². The van der Waals surface area contributed by atoms with Gasteiger partial charge in [-0.2, -0.15) is 0 Å². The Hall–Kier alpha value is -1.73. The SMILES string of the molecule is COCCOCC(=O)N1CCC(c2cc(=O)[nH]c(C)n2)CC1. The Morgan fingerprint density at radius 2 is 2.14 bits per heavy atom. The predicted molar refractivity (Wildman–Crippen MR) is 80.8 cm³/mol. The largest absolute Gasteiger partial charge is 0.382 e. The van der Waals surface area contributed by atoms with Crippen LogP contribution < -0.4 is 5.56 Å². The second-order valence-electron chi connectivity index (χ2n) is 5.46. The number of piperidine rings is 1.